The van der Waals surface area contributed by atoms with Gasteiger partial charge in [-0.25, -0.2) is 0 Å². The maximum absolute atomic E-state index is 5.21. The molecule has 0 aromatic carbocycles. The van der Waals surface area contributed by atoms with E-state index in [-0.39, 0.29) is 12.4 Å². The van der Waals surface area contributed by atoms with Gasteiger partial charge in [-0.15, -0.1) is 0 Å². The fraction of sp³-hybridized carbons (Fsp3) is 1.00. The van der Waals surface area contributed by atoms with Crippen molar-refractivity contribution in [2.24, 2.45) is 0 Å². The molecule has 0 rings (SSSR count). The molecule has 0 aliphatic carbocycles. The van der Waals surface area contributed by atoms with Gasteiger partial charge in [0, 0.05) is 13.2 Å². The lowest BCUT2D eigenvalue weighted by Crippen LogP contribution is -2.12. The van der Waals surface area contributed by atoms with Crippen molar-refractivity contribution in [3.8, 4) is 0 Å². The van der Waals surface area contributed by atoms with Crippen LogP contribution in [0.25, 0.3) is 0 Å². The smallest absolute Gasteiger partial charge is 0.154 e. The summed E-state index contributed by atoms with van der Waals surface area (Å²) in [6, 6.07) is 0. The van der Waals surface area contributed by atoms with E-state index in [1.165, 1.54) is 0 Å². The Morgan fingerprint density at radius 2 is 1.80 bits per heavy atom. The second-order valence-corrected chi connectivity index (χ2v) is 1.89. The van der Waals surface area contributed by atoms with Crippen LogP contribution in [-0.4, -0.2) is 19.5 Å². The molecule has 0 aromatic rings. The van der Waals surface area contributed by atoms with E-state index in [4.69, 9.17) is 9.47 Å². The predicted molar refractivity (Wildman–Crippen MR) is 42.4 cm³/mol. The molecule has 0 saturated heterocycles. The molecule has 0 bridgehead atoms. The molecule has 0 fully saturated rings. The number of rotatable bonds is 5. The van der Waals surface area contributed by atoms with Crippen molar-refractivity contribution < 1.29 is 9.47 Å². The van der Waals surface area contributed by atoms with Gasteiger partial charge in [-0.1, -0.05) is 6.92 Å². The summed E-state index contributed by atoms with van der Waals surface area (Å²) < 4.78 is 10.3. The molecule has 0 radical (unpaired) electrons. The third-order valence-electron chi connectivity index (χ3n) is 0.958. The minimum atomic E-state index is -0.0325. The summed E-state index contributed by atoms with van der Waals surface area (Å²) in [6.07, 6.45) is 1.02. The highest BCUT2D eigenvalue weighted by atomic mass is 16.7. The van der Waals surface area contributed by atoms with Crippen LogP contribution in [0.5, 0.6) is 0 Å². The molecule has 0 aromatic heterocycles. The summed E-state index contributed by atoms with van der Waals surface area (Å²) in [5.74, 6) is 0. The van der Waals surface area contributed by atoms with E-state index >= 15 is 0 Å². The van der Waals surface area contributed by atoms with Crippen molar-refractivity contribution in [2.75, 3.05) is 13.2 Å². The lowest BCUT2D eigenvalue weighted by atomic mass is 10.5. The van der Waals surface area contributed by atoms with E-state index in [0.717, 1.165) is 19.6 Å². The van der Waals surface area contributed by atoms with Crippen molar-refractivity contribution in [2.45, 2.75) is 33.5 Å². The first-order valence-electron chi connectivity index (χ1n) is 3.54. The number of hydrogen-bond donors (Lipinski definition) is 1. The molecule has 64 valence electrons. The summed E-state index contributed by atoms with van der Waals surface area (Å²) in [6.45, 7) is 7.48. The quantitative estimate of drug-likeness (QED) is 0.608. The SMILES string of the molecule is CCCOC(C)OCC.N. The molecule has 10 heavy (non-hydrogen) atoms. The van der Waals surface area contributed by atoms with Gasteiger partial charge in [-0.2, -0.15) is 0 Å². The molecular formula is C7H19NO2. The Balaban J connectivity index is 0. The van der Waals surface area contributed by atoms with Gasteiger partial charge in [-0.05, 0) is 20.3 Å². The Labute approximate surface area is 63.3 Å². The molecule has 0 saturated carbocycles. The van der Waals surface area contributed by atoms with Crippen LogP contribution < -0.4 is 6.15 Å². The normalized spacial score (nSPS) is 12.3. The zero-order valence-corrected chi connectivity index (χ0v) is 7.22. The topological polar surface area (TPSA) is 53.5 Å². The van der Waals surface area contributed by atoms with Gasteiger partial charge in [0.05, 0.1) is 0 Å². The first-order valence-corrected chi connectivity index (χ1v) is 3.54. The van der Waals surface area contributed by atoms with Crippen molar-refractivity contribution in [1.82, 2.24) is 6.15 Å². The Morgan fingerprint density at radius 3 is 2.20 bits per heavy atom. The maximum atomic E-state index is 5.21. The summed E-state index contributed by atoms with van der Waals surface area (Å²) in [4.78, 5) is 0. The molecule has 3 N–H and O–H groups in total. The fourth-order valence-corrected chi connectivity index (χ4v) is 0.567. The van der Waals surface area contributed by atoms with Gasteiger partial charge in [0.1, 0.15) is 0 Å². The van der Waals surface area contributed by atoms with Gasteiger partial charge in [-0.3, -0.25) is 0 Å². The van der Waals surface area contributed by atoms with E-state index in [0.29, 0.717) is 0 Å². The van der Waals surface area contributed by atoms with Crippen molar-refractivity contribution >= 4 is 0 Å². The van der Waals surface area contributed by atoms with Crippen molar-refractivity contribution in [3.05, 3.63) is 0 Å². The summed E-state index contributed by atoms with van der Waals surface area (Å²) in [5, 5.41) is 0. The maximum Gasteiger partial charge on any atom is 0.154 e. The van der Waals surface area contributed by atoms with Crippen LogP contribution in [0.3, 0.4) is 0 Å². The van der Waals surface area contributed by atoms with Crippen LogP contribution in [0.1, 0.15) is 27.2 Å². The third-order valence-corrected chi connectivity index (χ3v) is 0.958. The standard InChI is InChI=1S/C7H16O2.H3N/c1-4-6-9-7(3)8-5-2;/h7H,4-6H2,1-3H3;1H3. The highest BCUT2D eigenvalue weighted by Gasteiger charge is 1.96. The van der Waals surface area contributed by atoms with Gasteiger partial charge in [0.15, 0.2) is 6.29 Å². The van der Waals surface area contributed by atoms with Crippen LogP contribution >= 0.6 is 0 Å². The summed E-state index contributed by atoms with van der Waals surface area (Å²) >= 11 is 0. The second kappa shape index (κ2) is 8.88. The van der Waals surface area contributed by atoms with Crippen LogP contribution in [0.2, 0.25) is 0 Å². The average molecular weight is 149 g/mol. The van der Waals surface area contributed by atoms with Gasteiger partial charge >= 0.3 is 0 Å². The molecule has 0 heterocycles. The van der Waals surface area contributed by atoms with Gasteiger partial charge in [0.2, 0.25) is 0 Å². The monoisotopic (exact) mass is 149 g/mol. The van der Waals surface area contributed by atoms with Crippen molar-refractivity contribution in [1.29, 1.82) is 0 Å². The number of hydrogen-bond acceptors (Lipinski definition) is 3. The molecular weight excluding hydrogens is 130 g/mol. The zero-order chi connectivity index (χ0) is 7.11. The molecule has 3 nitrogen and oxygen atoms in total. The van der Waals surface area contributed by atoms with E-state index < -0.39 is 0 Å². The fourth-order valence-electron chi connectivity index (χ4n) is 0.567. The molecule has 0 aliphatic rings. The number of ether oxygens (including phenoxy) is 2. The minimum absolute atomic E-state index is 0. The van der Waals surface area contributed by atoms with Crippen LogP contribution in [-0.2, 0) is 9.47 Å². The lowest BCUT2D eigenvalue weighted by Gasteiger charge is -2.10. The molecule has 1 unspecified atom stereocenters. The Bertz CT molecular complexity index is 59.6. The van der Waals surface area contributed by atoms with E-state index in [9.17, 15) is 0 Å². The molecule has 0 spiro atoms. The molecule has 3 heteroatoms. The third kappa shape index (κ3) is 7.88. The first kappa shape index (κ1) is 12.5. The first-order chi connectivity index (χ1) is 4.31. The summed E-state index contributed by atoms with van der Waals surface area (Å²) in [5.41, 5.74) is 0. The van der Waals surface area contributed by atoms with Crippen LogP contribution in [0, 0.1) is 0 Å². The highest BCUT2D eigenvalue weighted by Crippen LogP contribution is 1.93. The van der Waals surface area contributed by atoms with E-state index in [1.54, 1.807) is 0 Å². The van der Waals surface area contributed by atoms with Gasteiger partial charge < -0.3 is 15.6 Å². The largest absolute Gasteiger partial charge is 0.353 e. The van der Waals surface area contributed by atoms with Crippen LogP contribution in [0.15, 0.2) is 0 Å². The zero-order valence-electron chi connectivity index (χ0n) is 7.22. The molecule has 1 atom stereocenters. The van der Waals surface area contributed by atoms with Crippen molar-refractivity contribution in [3.63, 3.8) is 0 Å². The average Bonchev–Trinajstić information content (AvgIpc) is 1.85. The Hall–Kier alpha value is -0.120. The Morgan fingerprint density at radius 1 is 1.20 bits per heavy atom. The molecule has 0 aliphatic heterocycles. The summed E-state index contributed by atoms with van der Waals surface area (Å²) in [7, 11) is 0. The minimum Gasteiger partial charge on any atom is -0.353 e. The van der Waals surface area contributed by atoms with E-state index in [1.807, 2.05) is 13.8 Å². The second-order valence-electron chi connectivity index (χ2n) is 1.89. The Kier molecular flexibility index (Phi) is 11.1. The predicted octanol–water partition coefficient (Wildman–Crippen LogP) is 1.96. The van der Waals surface area contributed by atoms with Crippen LogP contribution in [0.4, 0.5) is 0 Å². The molecule has 0 amide bonds. The van der Waals surface area contributed by atoms with E-state index in [2.05, 4.69) is 6.92 Å². The lowest BCUT2D eigenvalue weighted by molar-refractivity contribution is -0.126. The highest BCUT2D eigenvalue weighted by molar-refractivity contribution is 4.30. The van der Waals surface area contributed by atoms with Gasteiger partial charge in [0.25, 0.3) is 0 Å².